The van der Waals surface area contributed by atoms with Crippen LogP contribution in [0, 0.1) is 5.92 Å². The SMILES string of the molecule is CCC(C)C(=O)N1CSCC1C(=O)NCCNCCOC.Cl. The van der Waals surface area contributed by atoms with Crippen LogP contribution < -0.4 is 10.6 Å². The Labute approximate surface area is 143 Å². The molecule has 6 nitrogen and oxygen atoms in total. The highest BCUT2D eigenvalue weighted by atomic mass is 35.5. The molecule has 2 amide bonds. The summed E-state index contributed by atoms with van der Waals surface area (Å²) in [5.41, 5.74) is 0. The number of amides is 2. The van der Waals surface area contributed by atoms with Crippen molar-refractivity contribution in [2.45, 2.75) is 26.3 Å². The quantitative estimate of drug-likeness (QED) is 0.597. The van der Waals surface area contributed by atoms with E-state index in [0.717, 1.165) is 13.0 Å². The summed E-state index contributed by atoms with van der Waals surface area (Å²) >= 11 is 1.64. The smallest absolute Gasteiger partial charge is 0.243 e. The van der Waals surface area contributed by atoms with Gasteiger partial charge in [0.25, 0.3) is 0 Å². The number of ether oxygens (including phenoxy) is 1. The van der Waals surface area contributed by atoms with E-state index >= 15 is 0 Å². The van der Waals surface area contributed by atoms with E-state index < -0.39 is 0 Å². The Hall–Kier alpha value is -0.500. The second kappa shape index (κ2) is 12.0. The van der Waals surface area contributed by atoms with Crippen LogP contribution in [0.15, 0.2) is 0 Å². The third kappa shape index (κ3) is 6.73. The molecule has 0 aromatic heterocycles. The summed E-state index contributed by atoms with van der Waals surface area (Å²) in [5.74, 6) is 1.32. The second-order valence-corrected chi connectivity index (χ2v) is 6.17. The number of carbonyl (C=O) groups excluding carboxylic acids is 2. The van der Waals surface area contributed by atoms with E-state index in [1.54, 1.807) is 23.8 Å². The summed E-state index contributed by atoms with van der Waals surface area (Å²) in [6.07, 6.45) is 0.803. The molecule has 2 atom stereocenters. The second-order valence-electron chi connectivity index (χ2n) is 5.17. The van der Waals surface area contributed by atoms with Crippen molar-refractivity contribution in [3.8, 4) is 0 Å². The Kier molecular flexibility index (Phi) is 11.7. The van der Waals surface area contributed by atoms with Crippen LogP contribution >= 0.6 is 24.2 Å². The maximum Gasteiger partial charge on any atom is 0.243 e. The van der Waals surface area contributed by atoms with E-state index in [0.29, 0.717) is 31.3 Å². The van der Waals surface area contributed by atoms with Crippen molar-refractivity contribution >= 4 is 36.0 Å². The van der Waals surface area contributed by atoms with Crippen molar-refractivity contribution in [2.75, 3.05) is 45.0 Å². The zero-order chi connectivity index (χ0) is 15.7. The van der Waals surface area contributed by atoms with Gasteiger partial charge < -0.3 is 20.3 Å². The molecular formula is C14H28ClN3O3S. The Balaban J connectivity index is 0.00000441. The van der Waals surface area contributed by atoms with Gasteiger partial charge in [-0.05, 0) is 6.42 Å². The minimum absolute atomic E-state index is 0. The highest BCUT2D eigenvalue weighted by Gasteiger charge is 2.35. The topological polar surface area (TPSA) is 70.7 Å². The number of hydrogen-bond donors (Lipinski definition) is 2. The molecule has 1 saturated heterocycles. The number of rotatable bonds is 9. The first-order valence-electron chi connectivity index (χ1n) is 7.47. The molecule has 0 bridgehead atoms. The predicted molar refractivity (Wildman–Crippen MR) is 92.4 cm³/mol. The van der Waals surface area contributed by atoms with Crippen molar-refractivity contribution < 1.29 is 14.3 Å². The normalized spacial score (nSPS) is 18.7. The first-order valence-corrected chi connectivity index (χ1v) is 8.62. The van der Waals surface area contributed by atoms with Crippen molar-refractivity contribution in [1.29, 1.82) is 0 Å². The number of hydrogen-bond acceptors (Lipinski definition) is 5. The third-order valence-electron chi connectivity index (χ3n) is 3.59. The standard InChI is InChI=1S/C14H27N3O3S.ClH/c1-4-11(2)14(19)17-10-21-9-12(17)13(18)16-6-5-15-7-8-20-3;/h11-12,15H,4-10H2,1-3H3,(H,16,18);1H. The monoisotopic (exact) mass is 353 g/mol. The largest absolute Gasteiger partial charge is 0.383 e. The van der Waals surface area contributed by atoms with Crippen molar-refractivity contribution in [2.24, 2.45) is 5.92 Å². The van der Waals surface area contributed by atoms with Crippen LogP contribution in [-0.4, -0.2) is 67.7 Å². The maximum atomic E-state index is 12.2. The Morgan fingerprint density at radius 1 is 1.36 bits per heavy atom. The molecule has 0 aliphatic carbocycles. The number of nitrogens with one attached hydrogen (secondary N) is 2. The number of methoxy groups -OCH3 is 1. The van der Waals surface area contributed by atoms with Gasteiger partial charge in [-0.15, -0.1) is 24.2 Å². The lowest BCUT2D eigenvalue weighted by Crippen LogP contribution is -2.49. The maximum absolute atomic E-state index is 12.2. The van der Waals surface area contributed by atoms with Crippen LogP contribution in [0.25, 0.3) is 0 Å². The average Bonchev–Trinajstić information content (AvgIpc) is 2.98. The summed E-state index contributed by atoms with van der Waals surface area (Å²) in [7, 11) is 1.66. The molecule has 130 valence electrons. The molecule has 0 aromatic carbocycles. The Morgan fingerprint density at radius 2 is 2.09 bits per heavy atom. The van der Waals surface area contributed by atoms with Crippen LogP contribution in [-0.2, 0) is 14.3 Å². The van der Waals surface area contributed by atoms with Gasteiger partial charge in [-0.3, -0.25) is 9.59 Å². The minimum atomic E-state index is -0.324. The van der Waals surface area contributed by atoms with Gasteiger partial charge in [0.1, 0.15) is 6.04 Å². The molecule has 1 fully saturated rings. The van der Waals surface area contributed by atoms with Gasteiger partial charge in [0, 0.05) is 38.4 Å². The summed E-state index contributed by atoms with van der Waals surface area (Å²) in [6, 6.07) is -0.324. The van der Waals surface area contributed by atoms with Gasteiger partial charge >= 0.3 is 0 Å². The number of nitrogens with zero attached hydrogens (tertiary/aromatic N) is 1. The fourth-order valence-corrected chi connectivity index (χ4v) is 3.19. The third-order valence-corrected chi connectivity index (χ3v) is 4.60. The van der Waals surface area contributed by atoms with Gasteiger partial charge in [0.05, 0.1) is 12.5 Å². The predicted octanol–water partition coefficient (Wildman–Crippen LogP) is 0.708. The highest BCUT2D eigenvalue weighted by molar-refractivity contribution is 7.99. The van der Waals surface area contributed by atoms with Gasteiger partial charge in [-0.2, -0.15) is 0 Å². The molecule has 1 aliphatic heterocycles. The van der Waals surface area contributed by atoms with E-state index in [9.17, 15) is 9.59 Å². The van der Waals surface area contributed by atoms with Gasteiger partial charge in [-0.1, -0.05) is 13.8 Å². The first-order chi connectivity index (χ1) is 10.1. The molecule has 1 aliphatic rings. The molecule has 0 saturated carbocycles. The van der Waals surface area contributed by atoms with Crippen LogP contribution in [0.1, 0.15) is 20.3 Å². The summed E-state index contributed by atoms with van der Waals surface area (Å²) in [4.78, 5) is 26.1. The molecule has 1 heterocycles. The van der Waals surface area contributed by atoms with Crippen LogP contribution in [0.5, 0.6) is 0 Å². The van der Waals surface area contributed by atoms with Gasteiger partial charge in [0.15, 0.2) is 0 Å². The Bertz CT molecular complexity index is 347. The number of carbonyl (C=O) groups is 2. The molecule has 8 heteroatoms. The van der Waals surface area contributed by atoms with Gasteiger partial charge in [-0.25, -0.2) is 0 Å². The highest BCUT2D eigenvalue weighted by Crippen LogP contribution is 2.23. The van der Waals surface area contributed by atoms with Crippen LogP contribution in [0.3, 0.4) is 0 Å². The minimum Gasteiger partial charge on any atom is -0.383 e. The van der Waals surface area contributed by atoms with Crippen molar-refractivity contribution in [3.63, 3.8) is 0 Å². The van der Waals surface area contributed by atoms with Crippen molar-refractivity contribution in [1.82, 2.24) is 15.5 Å². The summed E-state index contributed by atoms with van der Waals surface area (Å²) < 4.78 is 4.93. The summed E-state index contributed by atoms with van der Waals surface area (Å²) in [6.45, 7) is 6.60. The lowest BCUT2D eigenvalue weighted by atomic mass is 10.1. The fourth-order valence-electron chi connectivity index (χ4n) is 2.03. The molecule has 0 spiro atoms. The molecule has 2 N–H and O–H groups in total. The van der Waals surface area contributed by atoms with E-state index in [1.165, 1.54) is 0 Å². The number of halogens is 1. The van der Waals surface area contributed by atoms with E-state index in [1.807, 2.05) is 13.8 Å². The molecule has 22 heavy (non-hydrogen) atoms. The Morgan fingerprint density at radius 3 is 2.73 bits per heavy atom. The fraction of sp³-hybridized carbons (Fsp3) is 0.857. The average molecular weight is 354 g/mol. The number of thioether (sulfide) groups is 1. The molecule has 1 rings (SSSR count). The zero-order valence-electron chi connectivity index (χ0n) is 13.6. The zero-order valence-corrected chi connectivity index (χ0v) is 15.2. The lowest BCUT2D eigenvalue weighted by Gasteiger charge is -2.25. The van der Waals surface area contributed by atoms with Gasteiger partial charge in [0.2, 0.25) is 11.8 Å². The van der Waals surface area contributed by atoms with E-state index in [4.69, 9.17) is 4.74 Å². The van der Waals surface area contributed by atoms with Crippen LogP contribution in [0.4, 0.5) is 0 Å². The van der Waals surface area contributed by atoms with Crippen LogP contribution in [0.2, 0.25) is 0 Å². The molecule has 0 aromatic rings. The molecular weight excluding hydrogens is 326 g/mol. The summed E-state index contributed by atoms with van der Waals surface area (Å²) in [5, 5.41) is 6.06. The van der Waals surface area contributed by atoms with E-state index in [-0.39, 0.29) is 36.2 Å². The van der Waals surface area contributed by atoms with E-state index in [2.05, 4.69) is 10.6 Å². The molecule has 2 unspecified atom stereocenters. The lowest BCUT2D eigenvalue weighted by molar-refractivity contribution is -0.140. The van der Waals surface area contributed by atoms with Crippen molar-refractivity contribution in [3.05, 3.63) is 0 Å². The molecule has 0 radical (unpaired) electrons. The first kappa shape index (κ1) is 21.5.